The molecule has 1 aromatic carbocycles. The Morgan fingerprint density at radius 3 is 2.52 bits per heavy atom. The van der Waals surface area contributed by atoms with Crippen LogP contribution < -0.4 is 14.8 Å². The molecule has 0 spiro atoms. The highest BCUT2D eigenvalue weighted by Gasteiger charge is 2.54. The Balaban J connectivity index is 0.00000253. The number of carbonyl (C=O) groups is 3. The fraction of sp³-hybridized carbons (Fsp3) is 0.625. The monoisotopic (exact) mass is 761 g/mol. The average molecular weight is 762 g/mol. The number of rotatable bonds is 13. The van der Waals surface area contributed by atoms with Gasteiger partial charge in [-0.2, -0.15) is 0 Å². The molecule has 2 unspecified atom stereocenters. The van der Waals surface area contributed by atoms with E-state index in [0.29, 0.717) is 23.6 Å². The molecule has 1 aromatic rings. The second kappa shape index (κ2) is 20.2. The van der Waals surface area contributed by atoms with E-state index in [1.54, 1.807) is 44.4 Å². The third-order valence-corrected chi connectivity index (χ3v) is 10.2. The Hall–Kier alpha value is -3.79. The molecule has 3 aliphatic heterocycles. The topological polar surface area (TPSA) is 203 Å². The molecule has 14 heteroatoms. The minimum Gasteiger partial charge on any atom is -0.483 e. The molecule has 4 rings (SSSR count). The minimum absolute atomic E-state index is 0.0156. The highest BCUT2D eigenvalue weighted by atomic mass is 16.7. The molecule has 14 nitrogen and oxygen atoms in total. The summed E-state index contributed by atoms with van der Waals surface area (Å²) in [5.41, 5.74) is -1.19. The number of methoxy groups -OCH3 is 1. The van der Waals surface area contributed by atoms with Crippen molar-refractivity contribution in [3.05, 3.63) is 59.7 Å². The summed E-state index contributed by atoms with van der Waals surface area (Å²) in [5, 5.41) is 44.0. The summed E-state index contributed by atoms with van der Waals surface area (Å²) < 4.78 is 34.2. The molecule has 1 saturated heterocycles. The van der Waals surface area contributed by atoms with Crippen molar-refractivity contribution in [2.24, 2.45) is 11.8 Å². The number of esters is 2. The normalized spacial score (nSPS) is 30.6. The van der Waals surface area contributed by atoms with Gasteiger partial charge in [-0.05, 0) is 69.4 Å². The summed E-state index contributed by atoms with van der Waals surface area (Å²) >= 11 is 0. The standard InChI is InChI=1S/C39H57NO11.CH2O2/c1-9-29(46-8)25(4)35-36(51-35)37(40-21-27-13-14-30-31(19-27)48-22-47-30)39(7,45)17-10-11-23(2)34-24(3)12-15-32(49-26(5)41)38(6,44)18-16-28(42)20-33(43)50-34;2-1-3/h10-15,17,19,24-25,28-29,32,34-37,40,42,44-45H,9,16,18,20-22H2,1-8H3;1H,(H,2,3)/b15-12+,17-10+,23-11+;/t24-,25+,28+,29-,32-,34-,35+,36-,37?,38+,39?;/m0./s1. The van der Waals surface area contributed by atoms with Gasteiger partial charge in [-0.1, -0.05) is 51.1 Å². The maximum atomic E-state index is 12.9. The number of hydrogen-bond acceptors (Lipinski definition) is 13. The van der Waals surface area contributed by atoms with Crippen molar-refractivity contribution < 1.29 is 63.2 Å². The Labute approximate surface area is 318 Å². The zero-order valence-electron chi connectivity index (χ0n) is 32.6. The number of ether oxygens (including phenoxy) is 6. The zero-order valence-corrected chi connectivity index (χ0v) is 32.6. The van der Waals surface area contributed by atoms with Gasteiger partial charge in [-0.25, -0.2) is 0 Å². The number of cyclic esters (lactones) is 1. The van der Waals surface area contributed by atoms with Crippen LogP contribution in [0.15, 0.2) is 54.2 Å². The van der Waals surface area contributed by atoms with Gasteiger partial charge in [-0.3, -0.25) is 14.4 Å². The second-order valence-corrected chi connectivity index (χ2v) is 14.7. The summed E-state index contributed by atoms with van der Waals surface area (Å²) in [6.07, 6.45) is 6.23. The molecule has 0 aromatic heterocycles. The van der Waals surface area contributed by atoms with Crippen molar-refractivity contribution in [2.45, 2.75) is 135 Å². The lowest BCUT2D eigenvalue weighted by atomic mass is 9.87. The third-order valence-electron chi connectivity index (χ3n) is 10.2. The quantitative estimate of drug-likeness (QED) is 0.0635. The molecular weight excluding hydrogens is 702 g/mol. The van der Waals surface area contributed by atoms with Gasteiger partial charge >= 0.3 is 11.9 Å². The van der Waals surface area contributed by atoms with Gasteiger partial charge < -0.3 is 54.2 Å². The maximum absolute atomic E-state index is 12.9. The van der Waals surface area contributed by atoms with Crippen molar-refractivity contribution >= 4 is 18.4 Å². The van der Waals surface area contributed by atoms with Crippen LogP contribution in [0.25, 0.3) is 0 Å². The van der Waals surface area contributed by atoms with Crippen LogP contribution in [-0.4, -0.2) is 107 Å². The zero-order chi connectivity index (χ0) is 40.2. The average Bonchev–Trinajstić information content (AvgIpc) is 3.74. The van der Waals surface area contributed by atoms with E-state index in [-0.39, 0.29) is 56.8 Å². The lowest BCUT2D eigenvalue weighted by Crippen LogP contribution is -2.52. The van der Waals surface area contributed by atoms with E-state index in [0.717, 1.165) is 12.0 Å². The van der Waals surface area contributed by atoms with Crippen LogP contribution in [0.5, 0.6) is 11.5 Å². The van der Waals surface area contributed by atoms with E-state index in [1.807, 2.05) is 32.0 Å². The number of benzene rings is 1. The number of allylic oxidation sites excluding steroid dienone is 2. The van der Waals surface area contributed by atoms with E-state index < -0.39 is 53.4 Å². The highest BCUT2D eigenvalue weighted by Crippen LogP contribution is 2.39. The van der Waals surface area contributed by atoms with Crippen LogP contribution in [0.3, 0.4) is 0 Å². The number of aliphatic hydroxyl groups excluding tert-OH is 1. The van der Waals surface area contributed by atoms with Crippen LogP contribution in [0, 0.1) is 11.8 Å². The Kier molecular flexibility index (Phi) is 16.7. The number of aliphatic hydroxyl groups is 3. The predicted octanol–water partition coefficient (Wildman–Crippen LogP) is 3.99. The van der Waals surface area contributed by atoms with Gasteiger partial charge in [0, 0.05) is 32.4 Å². The number of nitrogens with one attached hydrogen (secondary N) is 1. The molecule has 302 valence electrons. The molecule has 0 saturated carbocycles. The molecule has 0 amide bonds. The lowest BCUT2D eigenvalue weighted by molar-refractivity contribution is -0.157. The second-order valence-electron chi connectivity index (χ2n) is 14.7. The Bertz CT molecular complexity index is 1480. The van der Waals surface area contributed by atoms with Crippen LogP contribution in [0.2, 0.25) is 0 Å². The summed E-state index contributed by atoms with van der Waals surface area (Å²) in [6, 6.07) is 5.24. The highest BCUT2D eigenvalue weighted by molar-refractivity contribution is 5.70. The lowest BCUT2D eigenvalue weighted by Gasteiger charge is -2.32. The number of fused-ring (bicyclic) bond motifs is 1. The van der Waals surface area contributed by atoms with Gasteiger partial charge in [0.2, 0.25) is 6.79 Å². The molecule has 1 fully saturated rings. The molecule has 3 aliphatic rings. The van der Waals surface area contributed by atoms with Gasteiger partial charge in [0.15, 0.2) is 11.5 Å². The molecule has 3 heterocycles. The smallest absolute Gasteiger partial charge is 0.309 e. The molecule has 11 atom stereocenters. The molecular formula is C40H59NO13. The van der Waals surface area contributed by atoms with Crippen molar-refractivity contribution in [3.63, 3.8) is 0 Å². The Morgan fingerprint density at radius 2 is 1.87 bits per heavy atom. The van der Waals surface area contributed by atoms with Crippen molar-refractivity contribution in [1.82, 2.24) is 5.32 Å². The van der Waals surface area contributed by atoms with Gasteiger partial charge in [-0.15, -0.1) is 0 Å². The predicted molar refractivity (Wildman–Crippen MR) is 199 cm³/mol. The first-order chi connectivity index (χ1) is 25.5. The van der Waals surface area contributed by atoms with Crippen LogP contribution >= 0.6 is 0 Å². The maximum Gasteiger partial charge on any atom is 0.309 e. The van der Waals surface area contributed by atoms with Gasteiger partial charge in [0.25, 0.3) is 6.47 Å². The first-order valence-electron chi connectivity index (χ1n) is 18.4. The molecule has 0 radical (unpaired) electrons. The van der Waals surface area contributed by atoms with E-state index in [9.17, 15) is 24.9 Å². The fourth-order valence-corrected chi connectivity index (χ4v) is 6.95. The van der Waals surface area contributed by atoms with Crippen molar-refractivity contribution in [3.8, 4) is 11.5 Å². The van der Waals surface area contributed by atoms with E-state index in [2.05, 4.69) is 19.2 Å². The first kappa shape index (κ1) is 44.6. The van der Waals surface area contributed by atoms with Crippen LogP contribution in [-0.2, 0) is 39.9 Å². The van der Waals surface area contributed by atoms with E-state index in [1.165, 1.54) is 13.8 Å². The number of carboxylic acid groups (broad SMARTS) is 1. The largest absolute Gasteiger partial charge is 0.483 e. The van der Waals surface area contributed by atoms with Crippen molar-refractivity contribution in [2.75, 3.05) is 13.9 Å². The fourth-order valence-electron chi connectivity index (χ4n) is 6.95. The molecule has 54 heavy (non-hydrogen) atoms. The summed E-state index contributed by atoms with van der Waals surface area (Å²) in [4.78, 5) is 33.1. The van der Waals surface area contributed by atoms with E-state index >= 15 is 0 Å². The minimum atomic E-state index is -1.46. The summed E-state index contributed by atoms with van der Waals surface area (Å²) in [7, 11) is 1.70. The van der Waals surface area contributed by atoms with Crippen LogP contribution in [0.1, 0.15) is 79.7 Å². The molecule has 0 bridgehead atoms. The molecule has 0 aliphatic carbocycles. The van der Waals surface area contributed by atoms with Gasteiger partial charge in [0.05, 0.1) is 36.4 Å². The summed E-state index contributed by atoms with van der Waals surface area (Å²) in [6.45, 7) is 12.7. The molecule has 5 N–H and O–H groups in total. The SMILES string of the molecule is CC[C@H](OC)[C@@H](C)[C@H]1O[C@@H]1C(NCc1ccc2c(c1)OCO2)C(C)(O)/C=C/C=C(\C)[C@@H]1OC(=O)C[C@H](O)CC[C@@](C)(O)[C@@H](OC(C)=O)/C=C/[C@@H]1C.O=CO. The number of epoxide rings is 1. The summed E-state index contributed by atoms with van der Waals surface area (Å²) in [5.74, 6) is -0.0394. The van der Waals surface area contributed by atoms with Gasteiger partial charge in [0.1, 0.15) is 23.9 Å². The number of carbonyl (C=O) groups excluding carboxylic acids is 2. The third kappa shape index (κ3) is 12.6. The number of hydrogen-bond donors (Lipinski definition) is 5. The first-order valence-corrected chi connectivity index (χ1v) is 18.4. The van der Waals surface area contributed by atoms with Crippen LogP contribution in [0.4, 0.5) is 0 Å². The van der Waals surface area contributed by atoms with Crippen molar-refractivity contribution in [1.29, 1.82) is 0 Å². The Morgan fingerprint density at radius 1 is 1.19 bits per heavy atom. The van der Waals surface area contributed by atoms with E-state index in [4.69, 9.17) is 38.3 Å².